The van der Waals surface area contributed by atoms with Crippen LogP contribution in [0.5, 0.6) is 5.75 Å². The molecule has 0 saturated heterocycles. The van der Waals surface area contributed by atoms with Gasteiger partial charge in [-0.25, -0.2) is 0 Å². The molecule has 1 fully saturated rings. The van der Waals surface area contributed by atoms with Crippen LogP contribution in [0.2, 0.25) is 5.02 Å². The van der Waals surface area contributed by atoms with Gasteiger partial charge in [0.2, 0.25) is 5.91 Å². The van der Waals surface area contributed by atoms with Gasteiger partial charge >= 0.3 is 0 Å². The first-order valence-corrected chi connectivity index (χ1v) is 7.32. The third-order valence-corrected chi connectivity index (χ3v) is 5.12. The van der Waals surface area contributed by atoms with Crippen molar-refractivity contribution in [2.75, 3.05) is 17.2 Å². The smallest absolute Gasteiger partial charge is 0.262 e. The highest BCUT2D eigenvalue weighted by Gasteiger charge is 2.67. The Morgan fingerprint density at radius 1 is 1.43 bits per heavy atom. The molecule has 8 heteroatoms. The van der Waals surface area contributed by atoms with Crippen molar-refractivity contribution in [2.45, 2.75) is 17.7 Å². The second-order valence-electron chi connectivity index (χ2n) is 5.33. The van der Waals surface area contributed by atoms with E-state index in [0.29, 0.717) is 23.5 Å². The minimum absolute atomic E-state index is 0.0772. The normalized spacial score (nSPS) is 25.4. The molecule has 1 aromatic rings. The van der Waals surface area contributed by atoms with Crippen molar-refractivity contribution in [3.8, 4) is 5.75 Å². The summed E-state index contributed by atoms with van der Waals surface area (Å²) in [6.45, 7) is 1.61. The number of fused-ring (bicyclic) bond motifs is 1. The molecule has 1 saturated carbocycles. The predicted octanol–water partition coefficient (Wildman–Crippen LogP) is 3.19. The molecular formula is C13H11Cl3N2O3. The molecule has 1 aliphatic heterocycles. The van der Waals surface area contributed by atoms with Gasteiger partial charge in [-0.15, -0.1) is 23.2 Å². The summed E-state index contributed by atoms with van der Waals surface area (Å²) in [4.78, 5) is 23.5. The SMILES string of the molecule is C[C@@]1(C(=O)Nc2cc3c(cc2Cl)NC(=O)CO3)CC1(Cl)Cl. The van der Waals surface area contributed by atoms with E-state index in [1.165, 1.54) is 6.07 Å². The maximum atomic E-state index is 12.2. The highest BCUT2D eigenvalue weighted by Crippen LogP contribution is 2.64. The van der Waals surface area contributed by atoms with Crippen LogP contribution in [-0.4, -0.2) is 22.8 Å². The lowest BCUT2D eigenvalue weighted by atomic mass is 10.1. The molecule has 2 N–H and O–H groups in total. The average Bonchev–Trinajstić information content (AvgIpc) is 2.91. The molecule has 0 aromatic heterocycles. The lowest BCUT2D eigenvalue weighted by molar-refractivity contribution is -0.120. The maximum Gasteiger partial charge on any atom is 0.262 e. The summed E-state index contributed by atoms with van der Waals surface area (Å²) < 4.78 is 4.23. The van der Waals surface area contributed by atoms with Crippen molar-refractivity contribution in [1.29, 1.82) is 0 Å². The first-order chi connectivity index (χ1) is 9.73. The molecule has 21 heavy (non-hydrogen) atoms. The van der Waals surface area contributed by atoms with Gasteiger partial charge in [-0.3, -0.25) is 9.59 Å². The first kappa shape index (κ1) is 14.8. The number of hydrogen-bond acceptors (Lipinski definition) is 3. The molecule has 5 nitrogen and oxygen atoms in total. The lowest BCUT2D eigenvalue weighted by Crippen LogP contribution is -2.27. The molecule has 2 amide bonds. The van der Waals surface area contributed by atoms with Crippen LogP contribution < -0.4 is 15.4 Å². The minimum Gasteiger partial charge on any atom is -0.482 e. The summed E-state index contributed by atoms with van der Waals surface area (Å²) in [5.74, 6) is -0.123. The third-order valence-electron chi connectivity index (χ3n) is 3.71. The van der Waals surface area contributed by atoms with Crippen LogP contribution in [0.25, 0.3) is 0 Å². The molecular weight excluding hydrogens is 339 g/mol. The Balaban J connectivity index is 1.84. The van der Waals surface area contributed by atoms with Crippen molar-refractivity contribution < 1.29 is 14.3 Å². The number of hydrogen-bond donors (Lipinski definition) is 2. The van der Waals surface area contributed by atoms with Crippen molar-refractivity contribution in [1.82, 2.24) is 0 Å². The first-order valence-electron chi connectivity index (χ1n) is 6.18. The van der Waals surface area contributed by atoms with Gasteiger partial charge in [-0.05, 0) is 19.4 Å². The number of amides is 2. The van der Waals surface area contributed by atoms with Crippen LogP contribution in [-0.2, 0) is 9.59 Å². The zero-order chi connectivity index (χ0) is 15.4. The standard InChI is InChI=1S/C13H11Cl3N2O3/c1-12(5-13(12,15)16)11(20)18-7-3-9-8(2-6(7)14)17-10(19)4-21-9/h2-3H,4-5H2,1H3,(H,17,19)(H,18,20)/t12-/m0/s1. The summed E-state index contributed by atoms with van der Waals surface area (Å²) in [7, 11) is 0. The maximum absolute atomic E-state index is 12.2. The second-order valence-corrected chi connectivity index (χ2v) is 7.22. The quantitative estimate of drug-likeness (QED) is 0.806. The minimum atomic E-state index is -1.05. The summed E-state index contributed by atoms with van der Waals surface area (Å²) in [5, 5.41) is 5.61. The molecule has 0 bridgehead atoms. The molecule has 1 atom stereocenters. The van der Waals surface area contributed by atoms with E-state index in [2.05, 4.69) is 10.6 Å². The van der Waals surface area contributed by atoms with Gasteiger partial charge in [0, 0.05) is 6.07 Å². The van der Waals surface area contributed by atoms with Crippen molar-refractivity contribution in [2.24, 2.45) is 5.41 Å². The zero-order valence-electron chi connectivity index (χ0n) is 10.9. The van der Waals surface area contributed by atoms with E-state index in [0.717, 1.165) is 0 Å². The van der Waals surface area contributed by atoms with Gasteiger partial charge in [0.25, 0.3) is 5.91 Å². The number of ether oxygens (including phenoxy) is 1. The number of halogens is 3. The number of carbonyl (C=O) groups excluding carboxylic acids is 2. The second kappa shape index (κ2) is 4.66. The monoisotopic (exact) mass is 348 g/mol. The fourth-order valence-electron chi connectivity index (χ4n) is 2.10. The van der Waals surface area contributed by atoms with Gasteiger partial charge < -0.3 is 15.4 Å². The molecule has 1 aliphatic carbocycles. The van der Waals surface area contributed by atoms with Crippen molar-refractivity contribution in [3.63, 3.8) is 0 Å². The number of anilines is 2. The van der Waals surface area contributed by atoms with E-state index in [1.807, 2.05) is 0 Å². The molecule has 0 spiro atoms. The van der Waals surface area contributed by atoms with E-state index in [9.17, 15) is 9.59 Å². The van der Waals surface area contributed by atoms with Gasteiger partial charge in [-0.2, -0.15) is 0 Å². The number of carbonyl (C=O) groups is 2. The molecule has 2 aliphatic rings. The molecule has 3 rings (SSSR count). The molecule has 1 aromatic carbocycles. The summed E-state index contributed by atoms with van der Waals surface area (Å²) in [6, 6.07) is 3.08. The summed E-state index contributed by atoms with van der Waals surface area (Å²) in [6.07, 6.45) is 0.379. The van der Waals surface area contributed by atoms with Crippen LogP contribution in [0.4, 0.5) is 11.4 Å². The summed E-state index contributed by atoms with van der Waals surface area (Å²) >= 11 is 18.1. The molecule has 112 valence electrons. The topological polar surface area (TPSA) is 67.4 Å². The Labute approximate surface area is 135 Å². The average molecular weight is 350 g/mol. The van der Waals surface area contributed by atoms with Gasteiger partial charge in [0.1, 0.15) is 10.1 Å². The third kappa shape index (κ3) is 2.43. The van der Waals surface area contributed by atoms with Gasteiger partial charge in [0.05, 0.1) is 21.8 Å². The fourth-order valence-corrected chi connectivity index (χ4v) is 3.02. The molecule has 0 unspecified atom stereocenters. The fraction of sp³-hybridized carbons (Fsp3) is 0.385. The van der Waals surface area contributed by atoms with E-state index < -0.39 is 9.75 Å². The molecule has 0 radical (unpaired) electrons. The van der Waals surface area contributed by atoms with Crippen LogP contribution in [0.1, 0.15) is 13.3 Å². The number of alkyl halides is 2. The Hall–Kier alpha value is -1.17. The van der Waals surface area contributed by atoms with E-state index in [4.69, 9.17) is 39.5 Å². The van der Waals surface area contributed by atoms with Crippen LogP contribution in [0.15, 0.2) is 12.1 Å². The Morgan fingerprint density at radius 3 is 2.71 bits per heavy atom. The van der Waals surface area contributed by atoms with E-state index in [1.54, 1.807) is 13.0 Å². The lowest BCUT2D eigenvalue weighted by Gasteiger charge is -2.20. The van der Waals surface area contributed by atoms with Crippen LogP contribution in [0.3, 0.4) is 0 Å². The number of nitrogens with one attached hydrogen (secondary N) is 2. The van der Waals surface area contributed by atoms with E-state index in [-0.39, 0.29) is 23.4 Å². The van der Waals surface area contributed by atoms with E-state index >= 15 is 0 Å². The Bertz CT molecular complexity index is 662. The Kier molecular flexibility index (Phi) is 3.28. The zero-order valence-corrected chi connectivity index (χ0v) is 13.2. The van der Waals surface area contributed by atoms with Crippen molar-refractivity contribution in [3.05, 3.63) is 17.2 Å². The molecule has 1 heterocycles. The van der Waals surface area contributed by atoms with Crippen LogP contribution in [0, 0.1) is 5.41 Å². The number of benzene rings is 1. The highest BCUT2D eigenvalue weighted by atomic mass is 35.5. The number of rotatable bonds is 2. The van der Waals surface area contributed by atoms with Gasteiger partial charge in [0.15, 0.2) is 6.61 Å². The summed E-state index contributed by atoms with van der Waals surface area (Å²) in [5.41, 5.74) is 0.00877. The van der Waals surface area contributed by atoms with Crippen LogP contribution >= 0.6 is 34.8 Å². The van der Waals surface area contributed by atoms with Gasteiger partial charge in [-0.1, -0.05) is 11.6 Å². The largest absolute Gasteiger partial charge is 0.482 e. The Morgan fingerprint density at radius 2 is 2.10 bits per heavy atom. The predicted molar refractivity (Wildman–Crippen MR) is 81.4 cm³/mol. The van der Waals surface area contributed by atoms with Crippen molar-refractivity contribution >= 4 is 58.0 Å². The highest BCUT2D eigenvalue weighted by molar-refractivity contribution is 6.53.